The highest BCUT2D eigenvalue weighted by Crippen LogP contribution is 2.61. The SMILES string of the molecule is Cc1nn(CCN)c(C)c1C12CC3CC(CC(C3)C1)C2. The molecule has 4 bridgehead atoms. The van der Waals surface area contributed by atoms with Gasteiger partial charge in [0.15, 0.2) is 0 Å². The molecule has 20 heavy (non-hydrogen) atoms. The molecule has 0 aromatic carbocycles. The van der Waals surface area contributed by atoms with Crippen LogP contribution in [0.15, 0.2) is 0 Å². The van der Waals surface area contributed by atoms with Gasteiger partial charge in [-0.05, 0) is 75.5 Å². The van der Waals surface area contributed by atoms with E-state index in [9.17, 15) is 0 Å². The maximum Gasteiger partial charge on any atom is 0.0634 e. The number of nitrogens with zero attached hydrogens (tertiary/aromatic N) is 2. The van der Waals surface area contributed by atoms with E-state index >= 15 is 0 Å². The van der Waals surface area contributed by atoms with E-state index in [-0.39, 0.29) is 0 Å². The number of hydrogen-bond acceptors (Lipinski definition) is 2. The summed E-state index contributed by atoms with van der Waals surface area (Å²) in [4.78, 5) is 0. The first kappa shape index (κ1) is 12.9. The predicted molar refractivity (Wildman–Crippen MR) is 80.6 cm³/mol. The lowest BCUT2D eigenvalue weighted by Crippen LogP contribution is -2.49. The highest BCUT2D eigenvalue weighted by atomic mass is 15.3. The van der Waals surface area contributed by atoms with E-state index in [2.05, 4.69) is 18.5 Å². The predicted octanol–water partition coefficient (Wildman–Crippen LogP) is 2.93. The minimum atomic E-state index is 0.468. The third-order valence-electron chi connectivity index (χ3n) is 6.29. The number of aryl methyl sites for hydroxylation is 1. The van der Waals surface area contributed by atoms with Gasteiger partial charge in [-0.2, -0.15) is 5.10 Å². The van der Waals surface area contributed by atoms with E-state index in [1.807, 2.05) is 0 Å². The van der Waals surface area contributed by atoms with Crippen LogP contribution in [-0.4, -0.2) is 16.3 Å². The maximum absolute atomic E-state index is 5.73. The van der Waals surface area contributed by atoms with Crippen molar-refractivity contribution >= 4 is 0 Å². The molecule has 4 aliphatic rings. The molecule has 0 aliphatic heterocycles. The molecule has 3 nitrogen and oxygen atoms in total. The third kappa shape index (κ3) is 1.71. The van der Waals surface area contributed by atoms with Crippen molar-refractivity contribution in [3.63, 3.8) is 0 Å². The van der Waals surface area contributed by atoms with Crippen molar-refractivity contribution in [1.82, 2.24) is 9.78 Å². The number of hydrogen-bond donors (Lipinski definition) is 1. The fraction of sp³-hybridized carbons (Fsp3) is 0.824. The van der Waals surface area contributed by atoms with Crippen molar-refractivity contribution in [2.24, 2.45) is 23.5 Å². The van der Waals surface area contributed by atoms with Gasteiger partial charge in [-0.25, -0.2) is 0 Å². The summed E-state index contributed by atoms with van der Waals surface area (Å²) in [6.45, 7) is 6.03. The molecule has 1 heterocycles. The number of aromatic nitrogens is 2. The van der Waals surface area contributed by atoms with E-state index < -0.39 is 0 Å². The van der Waals surface area contributed by atoms with Gasteiger partial charge in [0, 0.05) is 17.8 Å². The standard InChI is InChI=1S/C17H27N3/c1-11-16(12(2)20(19-11)4-3-18)17-8-13-5-14(9-17)7-15(6-13)10-17/h13-15H,3-10,18H2,1-2H3. The first-order valence-corrected chi connectivity index (χ1v) is 8.36. The summed E-state index contributed by atoms with van der Waals surface area (Å²) in [6.07, 6.45) is 8.80. The van der Waals surface area contributed by atoms with Crippen LogP contribution in [-0.2, 0) is 12.0 Å². The Bertz CT molecular complexity index is 493. The summed E-state index contributed by atoms with van der Waals surface area (Å²) in [6, 6.07) is 0. The molecule has 0 radical (unpaired) electrons. The van der Waals surface area contributed by atoms with Gasteiger partial charge in [-0.3, -0.25) is 4.68 Å². The second-order valence-corrected chi connectivity index (χ2v) is 7.76. The van der Waals surface area contributed by atoms with Gasteiger partial charge in [0.2, 0.25) is 0 Å². The lowest BCUT2D eigenvalue weighted by atomic mass is 9.48. The van der Waals surface area contributed by atoms with Crippen molar-refractivity contribution in [1.29, 1.82) is 0 Å². The summed E-state index contributed by atoms with van der Waals surface area (Å²) in [5.41, 5.74) is 10.5. The van der Waals surface area contributed by atoms with Gasteiger partial charge in [-0.15, -0.1) is 0 Å². The molecule has 2 N–H and O–H groups in total. The molecular formula is C17H27N3. The third-order valence-corrected chi connectivity index (χ3v) is 6.29. The largest absolute Gasteiger partial charge is 0.329 e. The highest BCUT2D eigenvalue weighted by Gasteiger charge is 2.53. The first-order valence-electron chi connectivity index (χ1n) is 8.36. The molecule has 5 rings (SSSR count). The average molecular weight is 273 g/mol. The molecule has 4 saturated carbocycles. The smallest absolute Gasteiger partial charge is 0.0634 e. The Hall–Kier alpha value is -0.830. The van der Waals surface area contributed by atoms with E-state index in [4.69, 9.17) is 10.8 Å². The highest BCUT2D eigenvalue weighted by molar-refractivity contribution is 5.36. The molecule has 0 atom stereocenters. The van der Waals surface area contributed by atoms with E-state index in [0.29, 0.717) is 12.0 Å². The van der Waals surface area contributed by atoms with E-state index in [1.54, 1.807) is 5.56 Å². The normalized spacial score (nSPS) is 38.6. The topological polar surface area (TPSA) is 43.8 Å². The van der Waals surface area contributed by atoms with Crippen molar-refractivity contribution in [2.75, 3.05) is 6.54 Å². The fourth-order valence-corrected chi connectivity index (χ4v) is 6.22. The van der Waals surface area contributed by atoms with Crippen molar-refractivity contribution < 1.29 is 0 Å². The molecule has 4 aliphatic carbocycles. The number of rotatable bonds is 3. The van der Waals surface area contributed by atoms with Gasteiger partial charge < -0.3 is 5.73 Å². The zero-order valence-electron chi connectivity index (χ0n) is 12.9. The van der Waals surface area contributed by atoms with Gasteiger partial charge >= 0.3 is 0 Å². The van der Waals surface area contributed by atoms with Gasteiger partial charge in [-0.1, -0.05) is 0 Å². The zero-order valence-corrected chi connectivity index (χ0v) is 12.9. The molecule has 0 amide bonds. The monoisotopic (exact) mass is 273 g/mol. The molecular weight excluding hydrogens is 246 g/mol. The van der Waals surface area contributed by atoms with Crippen molar-refractivity contribution in [2.45, 2.75) is 64.3 Å². The van der Waals surface area contributed by atoms with Crippen LogP contribution in [0.25, 0.3) is 0 Å². The van der Waals surface area contributed by atoms with Gasteiger partial charge in [0.05, 0.1) is 12.2 Å². The average Bonchev–Trinajstić information content (AvgIpc) is 2.63. The molecule has 1 aromatic rings. The first-order chi connectivity index (χ1) is 9.61. The van der Waals surface area contributed by atoms with Gasteiger partial charge in [0.1, 0.15) is 0 Å². The van der Waals surface area contributed by atoms with Crippen LogP contribution in [0.2, 0.25) is 0 Å². The van der Waals surface area contributed by atoms with E-state index in [1.165, 1.54) is 49.9 Å². The Morgan fingerprint density at radius 2 is 1.65 bits per heavy atom. The minimum absolute atomic E-state index is 0.468. The van der Waals surface area contributed by atoms with Crippen molar-refractivity contribution in [3.05, 3.63) is 17.0 Å². The Morgan fingerprint density at radius 1 is 1.10 bits per heavy atom. The molecule has 1 aromatic heterocycles. The summed E-state index contributed by atoms with van der Waals surface area (Å²) in [5, 5.41) is 4.79. The molecule has 0 unspecified atom stereocenters. The van der Waals surface area contributed by atoms with E-state index in [0.717, 1.165) is 24.3 Å². The molecule has 3 heteroatoms. The summed E-state index contributed by atoms with van der Waals surface area (Å²) in [5.74, 6) is 2.99. The molecule has 0 saturated heterocycles. The van der Waals surface area contributed by atoms with Crippen LogP contribution in [0.4, 0.5) is 0 Å². The molecule has 110 valence electrons. The Kier molecular flexibility index (Phi) is 2.79. The second-order valence-electron chi connectivity index (χ2n) is 7.76. The second kappa shape index (κ2) is 4.33. The minimum Gasteiger partial charge on any atom is -0.329 e. The zero-order chi connectivity index (χ0) is 13.9. The Balaban J connectivity index is 1.77. The van der Waals surface area contributed by atoms with Crippen molar-refractivity contribution in [3.8, 4) is 0 Å². The van der Waals surface area contributed by atoms with Crippen LogP contribution in [0.1, 0.15) is 55.5 Å². The van der Waals surface area contributed by atoms with Crippen LogP contribution >= 0.6 is 0 Å². The Labute approximate surface area is 121 Å². The summed E-state index contributed by atoms with van der Waals surface area (Å²) in [7, 11) is 0. The van der Waals surface area contributed by atoms with Crippen LogP contribution in [0.3, 0.4) is 0 Å². The van der Waals surface area contributed by atoms with Crippen LogP contribution in [0.5, 0.6) is 0 Å². The van der Waals surface area contributed by atoms with Crippen LogP contribution in [0, 0.1) is 31.6 Å². The molecule has 4 fully saturated rings. The maximum atomic E-state index is 5.73. The quantitative estimate of drug-likeness (QED) is 0.920. The number of nitrogens with two attached hydrogens (primary N) is 1. The lowest BCUT2D eigenvalue weighted by Gasteiger charge is -2.57. The van der Waals surface area contributed by atoms with Gasteiger partial charge in [0.25, 0.3) is 0 Å². The molecule has 0 spiro atoms. The lowest BCUT2D eigenvalue weighted by molar-refractivity contribution is -0.00579. The summed E-state index contributed by atoms with van der Waals surface area (Å²) >= 11 is 0. The Morgan fingerprint density at radius 3 is 2.15 bits per heavy atom. The fourth-order valence-electron chi connectivity index (χ4n) is 6.22. The van der Waals surface area contributed by atoms with Crippen LogP contribution < -0.4 is 5.73 Å². The summed E-state index contributed by atoms with van der Waals surface area (Å²) < 4.78 is 2.16.